The van der Waals surface area contributed by atoms with Crippen LogP contribution in [0.5, 0.6) is 0 Å². The zero-order valence-electron chi connectivity index (χ0n) is 16.9. The molecule has 0 aliphatic heterocycles. The maximum Gasteiger partial charge on any atom is 0.0702 e. The fraction of sp³-hybridized carbons (Fsp3) is 0. The SMILES string of the molecule is Brc1ccccc1-c1ccc(-c2cccc(-c3ccc(-c4ccccc4)cc3)c2)nc1. The van der Waals surface area contributed by atoms with Crippen LogP contribution in [0.25, 0.3) is 44.6 Å². The van der Waals surface area contributed by atoms with Crippen LogP contribution in [0.2, 0.25) is 0 Å². The van der Waals surface area contributed by atoms with E-state index in [9.17, 15) is 0 Å². The number of benzene rings is 4. The molecule has 1 nitrogen and oxygen atoms in total. The first-order valence-electron chi connectivity index (χ1n) is 10.3. The highest BCUT2D eigenvalue weighted by Gasteiger charge is 2.06. The van der Waals surface area contributed by atoms with Gasteiger partial charge < -0.3 is 0 Å². The lowest BCUT2D eigenvalue weighted by Crippen LogP contribution is -1.87. The van der Waals surface area contributed by atoms with Gasteiger partial charge in [0.1, 0.15) is 0 Å². The molecule has 148 valence electrons. The van der Waals surface area contributed by atoms with Gasteiger partial charge in [-0.25, -0.2) is 0 Å². The summed E-state index contributed by atoms with van der Waals surface area (Å²) < 4.78 is 1.07. The molecule has 31 heavy (non-hydrogen) atoms. The Morgan fingerprint density at radius 2 is 1.03 bits per heavy atom. The Balaban J connectivity index is 1.42. The maximum absolute atomic E-state index is 4.73. The number of pyridine rings is 1. The van der Waals surface area contributed by atoms with Crippen molar-refractivity contribution < 1.29 is 0 Å². The molecule has 0 N–H and O–H groups in total. The highest BCUT2D eigenvalue weighted by molar-refractivity contribution is 9.10. The van der Waals surface area contributed by atoms with Gasteiger partial charge in [0.25, 0.3) is 0 Å². The molecule has 0 amide bonds. The van der Waals surface area contributed by atoms with Crippen molar-refractivity contribution in [3.8, 4) is 44.6 Å². The molecule has 1 heterocycles. The number of halogens is 1. The van der Waals surface area contributed by atoms with Crippen LogP contribution in [0.1, 0.15) is 0 Å². The molecule has 0 spiro atoms. The van der Waals surface area contributed by atoms with Gasteiger partial charge in [0.2, 0.25) is 0 Å². The van der Waals surface area contributed by atoms with Crippen molar-refractivity contribution >= 4 is 15.9 Å². The molecule has 0 aliphatic carbocycles. The van der Waals surface area contributed by atoms with Crippen LogP contribution in [0.3, 0.4) is 0 Å². The van der Waals surface area contributed by atoms with E-state index in [4.69, 9.17) is 4.98 Å². The van der Waals surface area contributed by atoms with Gasteiger partial charge >= 0.3 is 0 Å². The summed E-state index contributed by atoms with van der Waals surface area (Å²) >= 11 is 3.62. The molecule has 0 atom stereocenters. The highest BCUT2D eigenvalue weighted by atomic mass is 79.9. The van der Waals surface area contributed by atoms with E-state index in [1.807, 2.05) is 24.4 Å². The smallest absolute Gasteiger partial charge is 0.0702 e. The van der Waals surface area contributed by atoms with Gasteiger partial charge in [-0.2, -0.15) is 0 Å². The standard InChI is InChI=1S/C29H20BrN/c30-28-12-5-4-11-27(28)26-17-18-29(31-20-26)25-10-6-9-24(19-25)23-15-13-22(14-16-23)21-7-2-1-3-8-21/h1-20H. The Morgan fingerprint density at radius 1 is 0.452 bits per heavy atom. The molecular formula is C29H20BrN. The van der Waals surface area contributed by atoms with Crippen LogP contribution < -0.4 is 0 Å². The van der Waals surface area contributed by atoms with E-state index in [-0.39, 0.29) is 0 Å². The second-order valence-corrected chi connectivity index (χ2v) is 8.29. The third-order valence-electron chi connectivity index (χ3n) is 5.43. The summed E-state index contributed by atoms with van der Waals surface area (Å²) in [5.41, 5.74) is 9.18. The van der Waals surface area contributed by atoms with Crippen LogP contribution >= 0.6 is 15.9 Å². The van der Waals surface area contributed by atoms with Gasteiger partial charge in [-0.15, -0.1) is 0 Å². The van der Waals surface area contributed by atoms with E-state index in [2.05, 4.69) is 113 Å². The number of hydrogen-bond donors (Lipinski definition) is 0. The van der Waals surface area contributed by atoms with Gasteiger partial charge in [0.05, 0.1) is 5.69 Å². The van der Waals surface area contributed by atoms with Gasteiger partial charge in [-0.3, -0.25) is 4.98 Å². The van der Waals surface area contributed by atoms with Gasteiger partial charge in [-0.05, 0) is 46.0 Å². The molecule has 5 rings (SSSR count). The molecule has 0 saturated heterocycles. The van der Waals surface area contributed by atoms with E-state index >= 15 is 0 Å². The maximum atomic E-state index is 4.73. The summed E-state index contributed by atoms with van der Waals surface area (Å²) in [6.45, 7) is 0. The molecule has 4 aromatic carbocycles. The number of hydrogen-bond acceptors (Lipinski definition) is 1. The fourth-order valence-electron chi connectivity index (χ4n) is 3.76. The monoisotopic (exact) mass is 461 g/mol. The zero-order valence-corrected chi connectivity index (χ0v) is 18.5. The van der Waals surface area contributed by atoms with Gasteiger partial charge in [0.15, 0.2) is 0 Å². The largest absolute Gasteiger partial charge is 0.256 e. The molecular weight excluding hydrogens is 442 g/mol. The van der Waals surface area contributed by atoms with E-state index in [0.29, 0.717) is 0 Å². The van der Waals surface area contributed by atoms with Crippen LogP contribution in [0.15, 0.2) is 126 Å². The minimum Gasteiger partial charge on any atom is -0.256 e. The third kappa shape index (κ3) is 4.21. The lowest BCUT2D eigenvalue weighted by Gasteiger charge is -2.09. The van der Waals surface area contributed by atoms with Crippen LogP contribution in [-0.4, -0.2) is 4.98 Å². The van der Waals surface area contributed by atoms with Gasteiger partial charge in [0, 0.05) is 21.8 Å². The van der Waals surface area contributed by atoms with Crippen molar-refractivity contribution in [2.75, 3.05) is 0 Å². The summed E-state index contributed by atoms with van der Waals surface area (Å²) in [6, 6.07) is 40.2. The van der Waals surface area contributed by atoms with E-state index in [1.54, 1.807) is 0 Å². The first-order chi connectivity index (χ1) is 15.3. The molecule has 0 fully saturated rings. The third-order valence-corrected chi connectivity index (χ3v) is 6.12. The molecule has 0 saturated carbocycles. The second-order valence-electron chi connectivity index (χ2n) is 7.44. The Bertz CT molecular complexity index is 1310. The van der Waals surface area contributed by atoms with Crippen molar-refractivity contribution in [3.63, 3.8) is 0 Å². The number of aromatic nitrogens is 1. The highest BCUT2D eigenvalue weighted by Crippen LogP contribution is 2.31. The van der Waals surface area contributed by atoms with E-state index < -0.39 is 0 Å². The van der Waals surface area contributed by atoms with Crippen molar-refractivity contribution in [3.05, 3.63) is 126 Å². The average molecular weight is 462 g/mol. The minimum absolute atomic E-state index is 0.971. The quantitative estimate of drug-likeness (QED) is 0.261. The molecule has 1 aromatic heterocycles. The normalized spacial score (nSPS) is 10.7. The first-order valence-corrected chi connectivity index (χ1v) is 11.0. The number of rotatable bonds is 4. The van der Waals surface area contributed by atoms with Crippen molar-refractivity contribution in [1.29, 1.82) is 0 Å². The lowest BCUT2D eigenvalue weighted by molar-refractivity contribution is 1.32. The molecule has 0 aliphatic rings. The predicted molar refractivity (Wildman–Crippen MR) is 134 cm³/mol. The predicted octanol–water partition coefficient (Wildman–Crippen LogP) is 8.51. The molecule has 0 bridgehead atoms. The second kappa shape index (κ2) is 8.71. The summed E-state index contributed by atoms with van der Waals surface area (Å²) in [6.07, 6.45) is 1.94. The number of nitrogens with zero attached hydrogens (tertiary/aromatic N) is 1. The Hall–Kier alpha value is -3.49. The Labute approximate surface area is 191 Å². The Kier molecular flexibility index (Phi) is 5.47. The van der Waals surface area contributed by atoms with Crippen molar-refractivity contribution in [2.45, 2.75) is 0 Å². The van der Waals surface area contributed by atoms with Gasteiger partial charge in [-0.1, -0.05) is 113 Å². The minimum atomic E-state index is 0.971. The lowest BCUT2D eigenvalue weighted by atomic mass is 9.98. The van der Waals surface area contributed by atoms with Crippen molar-refractivity contribution in [1.82, 2.24) is 4.98 Å². The Morgan fingerprint density at radius 3 is 1.74 bits per heavy atom. The van der Waals surface area contributed by atoms with Crippen molar-refractivity contribution in [2.24, 2.45) is 0 Å². The zero-order chi connectivity index (χ0) is 21.0. The topological polar surface area (TPSA) is 12.9 Å². The summed E-state index contributed by atoms with van der Waals surface area (Å²) in [5, 5.41) is 0. The van der Waals surface area contributed by atoms with Crippen LogP contribution in [-0.2, 0) is 0 Å². The summed E-state index contributed by atoms with van der Waals surface area (Å²) in [5.74, 6) is 0. The average Bonchev–Trinajstić information content (AvgIpc) is 2.85. The first kappa shape index (κ1) is 19.5. The molecule has 0 unspecified atom stereocenters. The van der Waals surface area contributed by atoms with Crippen LogP contribution in [0.4, 0.5) is 0 Å². The van der Waals surface area contributed by atoms with Crippen LogP contribution in [0, 0.1) is 0 Å². The fourth-order valence-corrected chi connectivity index (χ4v) is 4.28. The van der Waals surface area contributed by atoms with E-state index in [1.165, 1.54) is 22.3 Å². The summed E-state index contributed by atoms with van der Waals surface area (Å²) in [7, 11) is 0. The molecule has 0 radical (unpaired) electrons. The summed E-state index contributed by atoms with van der Waals surface area (Å²) in [4.78, 5) is 4.73. The molecule has 2 heteroatoms. The molecule has 5 aromatic rings. The van der Waals surface area contributed by atoms with E-state index in [0.717, 1.165) is 26.9 Å².